The fourth-order valence-electron chi connectivity index (χ4n) is 3.52. The third-order valence-electron chi connectivity index (χ3n) is 4.85. The molecule has 0 atom stereocenters. The number of nitrogens with zero attached hydrogens (tertiary/aromatic N) is 1. The Morgan fingerprint density at radius 3 is 2.29 bits per heavy atom. The van der Waals surface area contributed by atoms with E-state index in [2.05, 4.69) is 56.7 Å². The number of anilines is 1. The third kappa shape index (κ3) is 4.60. The second-order valence-electron chi connectivity index (χ2n) is 6.51. The van der Waals surface area contributed by atoms with E-state index < -0.39 is 0 Å². The van der Waals surface area contributed by atoms with Gasteiger partial charge in [0.25, 0.3) is 0 Å². The Labute approximate surface area is 151 Å². The van der Waals surface area contributed by atoms with Crippen molar-refractivity contribution in [2.45, 2.75) is 38.0 Å². The normalized spacial score (nSPS) is 21.5. The molecule has 0 bridgehead atoms. The molecule has 0 unspecified atom stereocenters. The molecule has 3 nitrogen and oxygen atoms in total. The predicted molar refractivity (Wildman–Crippen MR) is 103 cm³/mol. The van der Waals surface area contributed by atoms with Crippen molar-refractivity contribution in [3.8, 4) is 0 Å². The molecule has 0 amide bonds. The molecule has 1 saturated carbocycles. The maximum atomic E-state index is 9.32. The zero-order valence-electron chi connectivity index (χ0n) is 13.7. The summed E-state index contributed by atoms with van der Waals surface area (Å²) in [5, 5.41) is 16.0. The van der Waals surface area contributed by atoms with E-state index in [-0.39, 0.29) is 0 Å². The van der Waals surface area contributed by atoms with E-state index in [1.54, 1.807) is 0 Å². The van der Waals surface area contributed by atoms with Crippen LogP contribution in [0, 0.1) is 5.92 Å². The van der Waals surface area contributed by atoms with Gasteiger partial charge in [0.2, 0.25) is 0 Å². The number of hydrogen-bond acceptors (Lipinski definition) is 2. The van der Waals surface area contributed by atoms with Gasteiger partial charge in [0.1, 0.15) is 5.84 Å². The molecule has 3 rings (SSSR count). The van der Waals surface area contributed by atoms with Crippen LogP contribution in [0.2, 0.25) is 0 Å². The van der Waals surface area contributed by atoms with E-state index in [0.717, 1.165) is 16.6 Å². The fraction of sp³-hybridized carbons (Fsp3) is 0.350. The topological polar surface area (TPSA) is 44.6 Å². The van der Waals surface area contributed by atoms with Crippen molar-refractivity contribution >= 4 is 27.5 Å². The van der Waals surface area contributed by atoms with Crippen molar-refractivity contribution in [2.24, 2.45) is 11.1 Å². The number of oxime groups is 1. The summed E-state index contributed by atoms with van der Waals surface area (Å²) in [4.78, 5) is 0. The number of hydrogen-bond donors (Lipinski definition) is 2. The summed E-state index contributed by atoms with van der Waals surface area (Å²) in [5.41, 5.74) is 2.41. The largest absolute Gasteiger partial charge is 0.409 e. The van der Waals surface area contributed by atoms with Crippen molar-refractivity contribution in [3.63, 3.8) is 0 Å². The molecule has 2 aromatic carbocycles. The second-order valence-corrected chi connectivity index (χ2v) is 7.43. The number of nitrogens with one attached hydrogen (secondary N) is 1. The molecule has 0 aromatic heterocycles. The summed E-state index contributed by atoms with van der Waals surface area (Å²) in [6, 6.07) is 18.7. The van der Waals surface area contributed by atoms with Gasteiger partial charge in [0.15, 0.2) is 0 Å². The lowest BCUT2D eigenvalue weighted by Crippen LogP contribution is -2.21. The SMILES string of the molecule is O/N=C(/C[C@H]1CC[C@@H](c2ccccc2)CC1)Nc1ccc(Br)cc1. The number of benzene rings is 2. The molecule has 0 aliphatic heterocycles. The van der Waals surface area contributed by atoms with Gasteiger partial charge in [-0.3, -0.25) is 0 Å². The summed E-state index contributed by atoms with van der Waals surface area (Å²) < 4.78 is 1.04. The minimum absolute atomic E-state index is 0.582. The van der Waals surface area contributed by atoms with Crippen LogP contribution in [0.1, 0.15) is 43.6 Å². The van der Waals surface area contributed by atoms with E-state index in [4.69, 9.17) is 0 Å². The van der Waals surface area contributed by atoms with Crippen LogP contribution in [-0.4, -0.2) is 11.0 Å². The van der Waals surface area contributed by atoms with Gasteiger partial charge < -0.3 is 10.5 Å². The molecule has 1 fully saturated rings. The molecule has 1 aliphatic rings. The lowest BCUT2D eigenvalue weighted by atomic mass is 9.77. The highest BCUT2D eigenvalue weighted by Gasteiger charge is 2.23. The Morgan fingerprint density at radius 1 is 1.00 bits per heavy atom. The summed E-state index contributed by atoms with van der Waals surface area (Å²) in [5.74, 6) is 1.91. The maximum Gasteiger partial charge on any atom is 0.146 e. The highest BCUT2D eigenvalue weighted by Crippen LogP contribution is 2.37. The van der Waals surface area contributed by atoms with Crippen LogP contribution in [-0.2, 0) is 0 Å². The smallest absolute Gasteiger partial charge is 0.146 e. The molecule has 4 heteroatoms. The Bertz CT molecular complexity index is 662. The van der Waals surface area contributed by atoms with Crippen molar-refractivity contribution in [1.82, 2.24) is 0 Å². The van der Waals surface area contributed by atoms with Crippen LogP contribution < -0.4 is 5.32 Å². The first-order chi connectivity index (χ1) is 11.7. The number of amidine groups is 1. The molecule has 0 spiro atoms. The highest BCUT2D eigenvalue weighted by molar-refractivity contribution is 9.10. The van der Waals surface area contributed by atoms with Crippen molar-refractivity contribution in [2.75, 3.05) is 5.32 Å². The van der Waals surface area contributed by atoms with E-state index in [0.29, 0.717) is 17.7 Å². The highest BCUT2D eigenvalue weighted by atomic mass is 79.9. The van der Waals surface area contributed by atoms with Gasteiger partial charge >= 0.3 is 0 Å². The summed E-state index contributed by atoms with van der Waals surface area (Å²) in [6.45, 7) is 0. The molecule has 2 aromatic rings. The minimum atomic E-state index is 0.582. The van der Waals surface area contributed by atoms with Crippen molar-refractivity contribution in [1.29, 1.82) is 0 Å². The lowest BCUT2D eigenvalue weighted by molar-refractivity contribution is 0.306. The molecule has 0 saturated heterocycles. The Kier molecular flexibility index (Phi) is 5.91. The van der Waals surface area contributed by atoms with E-state index in [9.17, 15) is 5.21 Å². The number of rotatable bonds is 4. The molecular formula is C20H23BrN2O. The number of halogens is 1. The summed E-state index contributed by atoms with van der Waals surface area (Å²) in [7, 11) is 0. The zero-order valence-corrected chi connectivity index (χ0v) is 15.2. The first-order valence-electron chi connectivity index (χ1n) is 8.53. The first kappa shape index (κ1) is 17.0. The fourth-order valence-corrected chi connectivity index (χ4v) is 3.78. The van der Waals surface area contributed by atoms with Gasteiger partial charge in [-0.05, 0) is 67.3 Å². The Morgan fingerprint density at radius 2 is 1.67 bits per heavy atom. The third-order valence-corrected chi connectivity index (χ3v) is 5.38. The zero-order chi connectivity index (χ0) is 16.8. The molecule has 0 radical (unpaired) electrons. The van der Waals surface area contributed by atoms with Crippen LogP contribution in [0.25, 0.3) is 0 Å². The quantitative estimate of drug-likeness (QED) is 0.292. The van der Waals surface area contributed by atoms with Crippen molar-refractivity contribution in [3.05, 3.63) is 64.6 Å². The molecule has 1 aliphatic carbocycles. The maximum absolute atomic E-state index is 9.32. The Balaban J connectivity index is 1.52. The molecular weight excluding hydrogens is 364 g/mol. The standard InChI is InChI=1S/C20H23BrN2O/c21-18-10-12-19(13-11-18)22-20(23-24)14-15-6-8-17(9-7-15)16-4-2-1-3-5-16/h1-5,10-13,15,17,24H,6-9,14H2,(H,22,23)/t15-,17+. The molecule has 126 valence electrons. The second kappa shape index (κ2) is 8.34. The molecule has 2 N–H and O–H groups in total. The van der Waals surface area contributed by atoms with Crippen LogP contribution in [0.5, 0.6) is 0 Å². The monoisotopic (exact) mass is 386 g/mol. The van der Waals surface area contributed by atoms with Gasteiger partial charge in [0, 0.05) is 16.6 Å². The van der Waals surface area contributed by atoms with Crippen LogP contribution in [0.3, 0.4) is 0 Å². The van der Waals surface area contributed by atoms with Gasteiger partial charge in [0.05, 0.1) is 0 Å². The lowest BCUT2D eigenvalue weighted by Gasteiger charge is -2.29. The molecule has 24 heavy (non-hydrogen) atoms. The van der Waals surface area contributed by atoms with E-state index in [1.807, 2.05) is 24.3 Å². The molecule has 0 heterocycles. The minimum Gasteiger partial charge on any atom is -0.409 e. The first-order valence-corrected chi connectivity index (χ1v) is 9.32. The van der Waals surface area contributed by atoms with Gasteiger partial charge in [-0.2, -0.15) is 0 Å². The van der Waals surface area contributed by atoms with Gasteiger partial charge in [-0.1, -0.05) is 51.4 Å². The van der Waals surface area contributed by atoms with Crippen molar-refractivity contribution < 1.29 is 5.21 Å². The average molecular weight is 387 g/mol. The summed E-state index contributed by atoms with van der Waals surface area (Å²) in [6.07, 6.45) is 5.59. The van der Waals surface area contributed by atoms with E-state index >= 15 is 0 Å². The average Bonchev–Trinajstić information content (AvgIpc) is 2.64. The van der Waals surface area contributed by atoms with E-state index in [1.165, 1.54) is 31.2 Å². The van der Waals surface area contributed by atoms with Crippen LogP contribution in [0.15, 0.2) is 64.2 Å². The van der Waals surface area contributed by atoms with Gasteiger partial charge in [-0.15, -0.1) is 0 Å². The van der Waals surface area contributed by atoms with Crippen LogP contribution in [0.4, 0.5) is 5.69 Å². The predicted octanol–water partition coefficient (Wildman–Crippen LogP) is 6.01. The summed E-state index contributed by atoms with van der Waals surface area (Å²) >= 11 is 3.43. The Hall–Kier alpha value is -1.81. The van der Waals surface area contributed by atoms with Crippen LogP contribution >= 0.6 is 15.9 Å². The van der Waals surface area contributed by atoms with Gasteiger partial charge in [-0.25, -0.2) is 0 Å².